The maximum Gasteiger partial charge on any atom is 0.163 e. The Morgan fingerprint density at radius 1 is 1.06 bits per heavy atom. The molecule has 0 bridgehead atoms. The minimum Gasteiger partial charge on any atom is -0.486 e. The summed E-state index contributed by atoms with van der Waals surface area (Å²) in [4.78, 5) is 3.41. The van der Waals surface area contributed by atoms with Crippen molar-refractivity contribution in [3.63, 3.8) is 0 Å². The highest BCUT2D eigenvalue weighted by Gasteiger charge is 2.14. The third-order valence-corrected chi connectivity index (χ3v) is 2.93. The number of benzene rings is 1. The van der Waals surface area contributed by atoms with Gasteiger partial charge in [0, 0.05) is 22.7 Å². The second-order valence-corrected chi connectivity index (χ2v) is 4.46. The molecule has 1 aliphatic heterocycles. The first-order valence-corrected chi connectivity index (χ1v) is 5.66. The Morgan fingerprint density at radius 2 is 1.75 bits per heavy atom. The van der Waals surface area contributed by atoms with Gasteiger partial charge in [-0.2, -0.15) is 0 Å². The van der Waals surface area contributed by atoms with Crippen LogP contribution in [0, 0.1) is 0 Å². The smallest absolute Gasteiger partial charge is 0.163 e. The number of hydrogen-bond donors (Lipinski definition) is 1. The molecule has 0 amide bonds. The van der Waals surface area contributed by atoms with Crippen molar-refractivity contribution in [3.8, 4) is 11.5 Å². The Kier molecular flexibility index (Phi) is 2.06. The number of fused-ring (bicyclic) bond motifs is 2. The van der Waals surface area contributed by atoms with Crippen LogP contribution in [0.1, 0.15) is 25.5 Å². The summed E-state index contributed by atoms with van der Waals surface area (Å²) < 4.78 is 11.1. The number of hydrogen-bond acceptors (Lipinski definition) is 2. The van der Waals surface area contributed by atoms with Crippen LogP contribution in [0.4, 0.5) is 0 Å². The third-order valence-electron chi connectivity index (χ3n) is 2.93. The summed E-state index contributed by atoms with van der Waals surface area (Å²) in [6.07, 6.45) is 0. The molecule has 16 heavy (non-hydrogen) atoms. The van der Waals surface area contributed by atoms with Crippen LogP contribution in [-0.2, 0) is 0 Å². The van der Waals surface area contributed by atoms with Gasteiger partial charge in [0.25, 0.3) is 0 Å². The predicted molar refractivity (Wildman–Crippen MR) is 63.4 cm³/mol. The summed E-state index contributed by atoms with van der Waals surface area (Å²) in [5, 5.41) is 1.19. The standard InChI is InChI=1S/C13H15NO2/c1-8(2)10-5-9-6-12-13(7-11(9)14-10)16-4-3-15-12/h5-8,14H,3-4H2,1-2H3. The molecule has 0 saturated heterocycles. The molecule has 3 nitrogen and oxygen atoms in total. The second kappa shape index (κ2) is 3.44. The molecule has 84 valence electrons. The first-order chi connectivity index (χ1) is 7.74. The lowest BCUT2D eigenvalue weighted by molar-refractivity contribution is 0.172. The lowest BCUT2D eigenvalue weighted by atomic mass is 10.1. The van der Waals surface area contributed by atoms with E-state index in [1.54, 1.807) is 0 Å². The van der Waals surface area contributed by atoms with Crippen LogP contribution in [0.25, 0.3) is 10.9 Å². The van der Waals surface area contributed by atoms with Gasteiger partial charge < -0.3 is 14.5 Å². The topological polar surface area (TPSA) is 34.2 Å². The van der Waals surface area contributed by atoms with Gasteiger partial charge in [0.1, 0.15) is 13.2 Å². The van der Waals surface area contributed by atoms with Gasteiger partial charge in [0.05, 0.1) is 0 Å². The van der Waals surface area contributed by atoms with E-state index >= 15 is 0 Å². The number of nitrogens with one attached hydrogen (secondary N) is 1. The fourth-order valence-electron chi connectivity index (χ4n) is 2.00. The van der Waals surface area contributed by atoms with Crippen LogP contribution in [0.5, 0.6) is 11.5 Å². The predicted octanol–water partition coefficient (Wildman–Crippen LogP) is 3.06. The maximum atomic E-state index is 5.56. The van der Waals surface area contributed by atoms with Crippen LogP contribution in [0.15, 0.2) is 18.2 Å². The van der Waals surface area contributed by atoms with Crippen molar-refractivity contribution in [2.75, 3.05) is 13.2 Å². The Labute approximate surface area is 94.4 Å². The molecule has 3 rings (SSSR count). The van der Waals surface area contributed by atoms with E-state index in [1.165, 1.54) is 11.1 Å². The van der Waals surface area contributed by atoms with Gasteiger partial charge in [0.2, 0.25) is 0 Å². The van der Waals surface area contributed by atoms with Crippen molar-refractivity contribution in [3.05, 3.63) is 23.9 Å². The summed E-state index contributed by atoms with van der Waals surface area (Å²) in [5.41, 5.74) is 2.37. The molecule has 0 atom stereocenters. The number of ether oxygens (including phenoxy) is 2. The van der Waals surface area contributed by atoms with Crippen LogP contribution in [-0.4, -0.2) is 18.2 Å². The first kappa shape index (κ1) is 9.58. The van der Waals surface area contributed by atoms with Gasteiger partial charge in [0.15, 0.2) is 11.5 Å². The third kappa shape index (κ3) is 1.43. The summed E-state index contributed by atoms with van der Waals surface area (Å²) in [6.45, 7) is 5.63. The van der Waals surface area contributed by atoms with Gasteiger partial charge in [-0.25, -0.2) is 0 Å². The summed E-state index contributed by atoms with van der Waals surface area (Å²) >= 11 is 0. The fourth-order valence-corrected chi connectivity index (χ4v) is 2.00. The van der Waals surface area contributed by atoms with E-state index in [0.29, 0.717) is 19.1 Å². The normalized spacial score (nSPS) is 14.7. The molecule has 2 aromatic rings. The minimum atomic E-state index is 0.506. The van der Waals surface area contributed by atoms with E-state index in [-0.39, 0.29) is 0 Å². The molecule has 0 radical (unpaired) electrons. The quantitative estimate of drug-likeness (QED) is 0.796. The highest BCUT2D eigenvalue weighted by molar-refractivity contribution is 5.84. The van der Waals surface area contributed by atoms with Gasteiger partial charge in [-0.1, -0.05) is 13.8 Å². The van der Waals surface area contributed by atoms with E-state index in [9.17, 15) is 0 Å². The van der Waals surface area contributed by atoms with Gasteiger partial charge in [-0.15, -0.1) is 0 Å². The van der Waals surface area contributed by atoms with Crippen molar-refractivity contribution >= 4 is 10.9 Å². The van der Waals surface area contributed by atoms with Gasteiger partial charge >= 0.3 is 0 Å². The van der Waals surface area contributed by atoms with Crippen LogP contribution in [0.2, 0.25) is 0 Å². The first-order valence-electron chi connectivity index (χ1n) is 5.66. The van der Waals surface area contributed by atoms with Gasteiger partial charge in [-0.05, 0) is 18.1 Å². The summed E-state index contributed by atoms with van der Waals surface area (Å²) in [5.74, 6) is 2.20. The Bertz CT molecular complexity index is 485. The highest BCUT2D eigenvalue weighted by atomic mass is 16.6. The molecule has 0 spiro atoms. The zero-order chi connectivity index (χ0) is 11.1. The number of rotatable bonds is 1. The van der Waals surface area contributed by atoms with Crippen LogP contribution < -0.4 is 9.47 Å². The summed E-state index contributed by atoms with van der Waals surface area (Å²) in [6, 6.07) is 6.25. The maximum absolute atomic E-state index is 5.56. The fraction of sp³-hybridized carbons (Fsp3) is 0.385. The monoisotopic (exact) mass is 217 g/mol. The molecular weight excluding hydrogens is 202 g/mol. The minimum absolute atomic E-state index is 0.506. The zero-order valence-corrected chi connectivity index (χ0v) is 9.54. The molecule has 0 unspecified atom stereocenters. The average Bonchev–Trinajstić information content (AvgIpc) is 2.68. The molecule has 1 aliphatic rings. The molecule has 0 aliphatic carbocycles. The van der Waals surface area contributed by atoms with E-state index in [4.69, 9.17) is 9.47 Å². The summed E-state index contributed by atoms with van der Waals surface area (Å²) in [7, 11) is 0. The van der Waals surface area contributed by atoms with Gasteiger partial charge in [-0.3, -0.25) is 0 Å². The average molecular weight is 217 g/mol. The lowest BCUT2D eigenvalue weighted by Crippen LogP contribution is -2.15. The molecule has 1 N–H and O–H groups in total. The number of aromatic amines is 1. The Morgan fingerprint density at radius 3 is 2.44 bits per heavy atom. The lowest BCUT2D eigenvalue weighted by Gasteiger charge is -2.17. The Hall–Kier alpha value is -1.64. The van der Waals surface area contributed by atoms with E-state index < -0.39 is 0 Å². The van der Waals surface area contributed by atoms with Crippen molar-refractivity contribution in [1.82, 2.24) is 4.98 Å². The zero-order valence-electron chi connectivity index (χ0n) is 9.54. The molecule has 1 aromatic heterocycles. The molecule has 2 heterocycles. The van der Waals surface area contributed by atoms with E-state index in [0.717, 1.165) is 17.0 Å². The number of H-pyrrole nitrogens is 1. The highest BCUT2D eigenvalue weighted by Crippen LogP contribution is 2.35. The van der Waals surface area contributed by atoms with E-state index in [2.05, 4.69) is 24.9 Å². The second-order valence-electron chi connectivity index (χ2n) is 4.46. The molecule has 0 fully saturated rings. The number of aromatic nitrogens is 1. The van der Waals surface area contributed by atoms with E-state index in [1.807, 2.05) is 12.1 Å². The van der Waals surface area contributed by atoms with Crippen molar-refractivity contribution in [2.45, 2.75) is 19.8 Å². The van der Waals surface area contributed by atoms with Crippen LogP contribution in [0.3, 0.4) is 0 Å². The van der Waals surface area contributed by atoms with Crippen molar-refractivity contribution < 1.29 is 9.47 Å². The molecular formula is C13H15NO2. The molecule has 1 aromatic carbocycles. The van der Waals surface area contributed by atoms with Crippen LogP contribution >= 0.6 is 0 Å². The largest absolute Gasteiger partial charge is 0.486 e. The van der Waals surface area contributed by atoms with Crippen molar-refractivity contribution in [2.24, 2.45) is 0 Å². The Balaban J connectivity index is 2.16. The SMILES string of the molecule is CC(C)c1cc2cc3c(cc2[nH]1)OCCO3. The molecule has 3 heteroatoms. The van der Waals surface area contributed by atoms with Crippen molar-refractivity contribution in [1.29, 1.82) is 0 Å². The molecule has 0 saturated carbocycles.